The third kappa shape index (κ3) is 3.70. The summed E-state index contributed by atoms with van der Waals surface area (Å²) in [5, 5.41) is 1.07. The first-order valence-electron chi connectivity index (χ1n) is 8.65. The van der Waals surface area contributed by atoms with E-state index in [2.05, 4.69) is 14.9 Å². The van der Waals surface area contributed by atoms with Gasteiger partial charge in [0.1, 0.15) is 5.65 Å². The number of carbonyl (C=O) groups is 1. The Labute approximate surface area is 163 Å². The van der Waals surface area contributed by atoms with E-state index in [4.69, 9.17) is 5.73 Å². The normalized spacial score (nSPS) is 23.5. The number of nitrogens with two attached hydrogens (primary N) is 1. The van der Waals surface area contributed by atoms with Crippen molar-refractivity contribution in [2.75, 3.05) is 30.3 Å². The summed E-state index contributed by atoms with van der Waals surface area (Å²) >= 11 is 1.63. The number of H-pyrrole nitrogens is 1. The maximum Gasteiger partial charge on any atom is 0.261 e. The summed E-state index contributed by atoms with van der Waals surface area (Å²) in [6.07, 6.45) is 7.62. The first kappa shape index (κ1) is 19.1. The van der Waals surface area contributed by atoms with Gasteiger partial charge in [-0.25, -0.2) is 4.98 Å². The van der Waals surface area contributed by atoms with Crippen molar-refractivity contribution in [2.24, 2.45) is 5.73 Å². The molecular formula is C18H24ClN5OS. The number of piperidine rings is 1. The van der Waals surface area contributed by atoms with Crippen molar-refractivity contribution in [3.63, 3.8) is 0 Å². The Bertz CT molecular complexity index is 834. The van der Waals surface area contributed by atoms with Crippen molar-refractivity contribution in [3.05, 3.63) is 35.6 Å². The molecule has 2 aromatic rings. The van der Waals surface area contributed by atoms with Crippen LogP contribution in [-0.4, -0.2) is 51.7 Å². The first-order chi connectivity index (χ1) is 12.0. The number of aromatic nitrogens is 2. The number of carbonyl (C=O) groups excluding carboxylic acids is 1. The molecule has 0 aliphatic carbocycles. The Morgan fingerprint density at radius 3 is 3.04 bits per heavy atom. The van der Waals surface area contributed by atoms with Gasteiger partial charge < -0.3 is 20.5 Å². The molecule has 0 bridgehead atoms. The van der Waals surface area contributed by atoms with Gasteiger partial charge >= 0.3 is 0 Å². The summed E-state index contributed by atoms with van der Waals surface area (Å²) in [6, 6.07) is 4.03. The fraction of sp³-hybridized carbons (Fsp3) is 0.444. The highest BCUT2D eigenvalue weighted by Crippen LogP contribution is 2.32. The van der Waals surface area contributed by atoms with Crippen molar-refractivity contribution in [2.45, 2.75) is 25.3 Å². The molecule has 0 aromatic carbocycles. The molecule has 4 rings (SSSR count). The van der Waals surface area contributed by atoms with Crippen LogP contribution in [0.15, 0.2) is 35.6 Å². The molecule has 1 amide bonds. The second-order valence-electron chi connectivity index (χ2n) is 7.09. The Kier molecular flexibility index (Phi) is 5.50. The summed E-state index contributed by atoms with van der Waals surface area (Å²) in [4.78, 5) is 25.3. The zero-order chi connectivity index (χ0) is 17.4. The average Bonchev–Trinajstić information content (AvgIpc) is 3.09. The minimum absolute atomic E-state index is 0. The van der Waals surface area contributed by atoms with Gasteiger partial charge in [-0.1, -0.05) is 0 Å². The lowest BCUT2D eigenvalue weighted by Crippen LogP contribution is -2.54. The summed E-state index contributed by atoms with van der Waals surface area (Å²) in [6.45, 7) is 4.32. The van der Waals surface area contributed by atoms with Crippen LogP contribution < -0.4 is 10.6 Å². The van der Waals surface area contributed by atoms with Gasteiger partial charge in [0.25, 0.3) is 5.91 Å². The molecule has 0 spiro atoms. The minimum atomic E-state index is -0.282. The summed E-state index contributed by atoms with van der Waals surface area (Å²) < 4.78 is 0. The number of halogens is 1. The predicted molar refractivity (Wildman–Crippen MR) is 110 cm³/mol. The monoisotopic (exact) mass is 393 g/mol. The molecule has 4 heterocycles. The van der Waals surface area contributed by atoms with Gasteiger partial charge in [0.2, 0.25) is 0 Å². The van der Waals surface area contributed by atoms with Gasteiger partial charge in [-0.2, -0.15) is 0 Å². The molecule has 2 aromatic heterocycles. The summed E-state index contributed by atoms with van der Waals surface area (Å²) in [7, 11) is 0. The van der Waals surface area contributed by atoms with Gasteiger partial charge in [-0.3, -0.25) is 4.79 Å². The van der Waals surface area contributed by atoms with Crippen LogP contribution >= 0.6 is 24.2 Å². The van der Waals surface area contributed by atoms with E-state index in [1.807, 2.05) is 36.4 Å². The summed E-state index contributed by atoms with van der Waals surface area (Å²) in [5.41, 5.74) is 7.93. The fourth-order valence-corrected chi connectivity index (χ4v) is 4.56. The van der Waals surface area contributed by atoms with Gasteiger partial charge in [-0.05, 0) is 31.9 Å². The van der Waals surface area contributed by atoms with Crippen LogP contribution in [0.25, 0.3) is 11.0 Å². The van der Waals surface area contributed by atoms with E-state index in [0.717, 1.165) is 53.3 Å². The molecule has 8 heteroatoms. The van der Waals surface area contributed by atoms with Crippen LogP contribution in [0.3, 0.4) is 0 Å². The number of pyridine rings is 1. The van der Waals surface area contributed by atoms with Crippen molar-refractivity contribution in [1.82, 2.24) is 14.9 Å². The average molecular weight is 394 g/mol. The van der Waals surface area contributed by atoms with Crippen LogP contribution in [0.4, 0.5) is 5.69 Å². The molecule has 2 aliphatic heterocycles. The molecule has 3 N–H and O–H groups in total. The van der Waals surface area contributed by atoms with Crippen molar-refractivity contribution >= 4 is 46.8 Å². The Hall–Kier alpha value is -1.70. The second-order valence-corrected chi connectivity index (χ2v) is 8.23. The predicted octanol–water partition coefficient (Wildman–Crippen LogP) is 2.72. The highest BCUT2D eigenvalue weighted by molar-refractivity contribution is 8.04. The van der Waals surface area contributed by atoms with E-state index in [1.54, 1.807) is 18.0 Å². The molecule has 2 aliphatic rings. The maximum atomic E-state index is 13.0. The third-order valence-electron chi connectivity index (χ3n) is 4.84. The number of amides is 1. The standard InChI is InChI=1S/C18H23N5OS.ClH/c1-18(19)5-2-8-23(12-18)17(24)15-11-22(9-10-25-15)14-4-7-21-16-13(14)3-6-20-16;/h3-4,6-7,11H,2,5,8-10,12,19H2,1H3,(H,20,21);1H/t18-;/m1./s1. The molecule has 1 atom stereocenters. The molecule has 6 nitrogen and oxygen atoms in total. The maximum absolute atomic E-state index is 13.0. The van der Waals surface area contributed by atoms with E-state index in [1.165, 1.54) is 0 Å². The molecule has 26 heavy (non-hydrogen) atoms. The van der Waals surface area contributed by atoms with Crippen LogP contribution in [0, 0.1) is 0 Å². The minimum Gasteiger partial charge on any atom is -0.346 e. The van der Waals surface area contributed by atoms with E-state index < -0.39 is 0 Å². The highest BCUT2D eigenvalue weighted by Gasteiger charge is 2.32. The van der Waals surface area contributed by atoms with Gasteiger partial charge in [-0.15, -0.1) is 24.2 Å². The fourth-order valence-electron chi connectivity index (χ4n) is 3.60. The van der Waals surface area contributed by atoms with Gasteiger partial charge in [0.05, 0.1) is 10.6 Å². The van der Waals surface area contributed by atoms with E-state index in [-0.39, 0.29) is 23.9 Å². The van der Waals surface area contributed by atoms with Crippen LogP contribution in [0.5, 0.6) is 0 Å². The molecule has 0 unspecified atom stereocenters. The molecule has 140 valence electrons. The number of aromatic amines is 1. The SMILES string of the molecule is C[C@@]1(N)CCCN(C(=O)C2=CN(c3ccnc4[nH]ccc34)CCS2)C1.Cl. The van der Waals surface area contributed by atoms with Gasteiger partial charge in [0.15, 0.2) is 0 Å². The van der Waals surface area contributed by atoms with Crippen LogP contribution in [-0.2, 0) is 4.79 Å². The molecule has 0 radical (unpaired) electrons. The van der Waals surface area contributed by atoms with E-state index in [0.29, 0.717) is 6.54 Å². The Balaban J connectivity index is 0.00000196. The van der Waals surface area contributed by atoms with Crippen molar-refractivity contribution < 1.29 is 4.79 Å². The van der Waals surface area contributed by atoms with Crippen LogP contribution in [0.1, 0.15) is 19.8 Å². The molecule has 1 fully saturated rings. The zero-order valence-corrected chi connectivity index (χ0v) is 16.4. The second kappa shape index (κ2) is 7.50. The highest BCUT2D eigenvalue weighted by atomic mass is 35.5. The van der Waals surface area contributed by atoms with E-state index in [9.17, 15) is 4.79 Å². The Morgan fingerprint density at radius 2 is 2.23 bits per heavy atom. The number of rotatable bonds is 2. The molecule has 0 saturated carbocycles. The largest absolute Gasteiger partial charge is 0.346 e. The molecular weight excluding hydrogens is 370 g/mol. The van der Waals surface area contributed by atoms with Gasteiger partial charge in [0, 0.05) is 54.9 Å². The van der Waals surface area contributed by atoms with Crippen molar-refractivity contribution in [1.29, 1.82) is 0 Å². The van der Waals surface area contributed by atoms with Crippen LogP contribution in [0.2, 0.25) is 0 Å². The Morgan fingerprint density at radius 1 is 1.38 bits per heavy atom. The topological polar surface area (TPSA) is 78.2 Å². The quantitative estimate of drug-likeness (QED) is 0.820. The number of nitrogens with zero attached hydrogens (tertiary/aromatic N) is 3. The lowest BCUT2D eigenvalue weighted by molar-refractivity contribution is -0.128. The lowest BCUT2D eigenvalue weighted by Gasteiger charge is -2.38. The number of hydrogen-bond donors (Lipinski definition) is 2. The number of nitrogens with one attached hydrogen (secondary N) is 1. The third-order valence-corrected chi connectivity index (χ3v) is 5.81. The number of thioether (sulfide) groups is 1. The first-order valence-corrected chi connectivity index (χ1v) is 9.64. The lowest BCUT2D eigenvalue weighted by atomic mass is 9.92. The number of fused-ring (bicyclic) bond motifs is 1. The number of hydrogen-bond acceptors (Lipinski definition) is 5. The zero-order valence-electron chi connectivity index (χ0n) is 14.8. The molecule has 1 saturated heterocycles. The summed E-state index contributed by atoms with van der Waals surface area (Å²) in [5.74, 6) is 0.991. The van der Waals surface area contributed by atoms with E-state index >= 15 is 0 Å². The number of anilines is 1. The van der Waals surface area contributed by atoms with Crippen molar-refractivity contribution in [3.8, 4) is 0 Å². The smallest absolute Gasteiger partial charge is 0.261 e. The number of likely N-dealkylation sites (tertiary alicyclic amines) is 1.